The molecule has 0 aliphatic heterocycles. The number of ether oxygens (including phenoxy) is 1. The summed E-state index contributed by atoms with van der Waals surface area (Å²) in [4.78, 5) is 14.3. The molecule has 6 heteroatoms. The van der Waals surface area contributed by atoms with Gasteiger partial charge in [0.15, 0.2) is 5.82 Å². The van der Waals surface area contributed by atoms with Crippen LogP contribution in [0.4, 0.5) is 0 Å². The number of methoxy groups -OCH3 is 1. The first kappa shape index (κ1) is 11.6. The number of carboxylic acid groups (broad SMARTS) is 1. The van der Waals surface area contributed by atoms with Crippen LogP contribution < -0.4 is 0 Å². The van der Waals surface area contributed by atoms with Crippen molar-refractivity contribution in [2.75, 3.05) is 13.7 Å². The number of aromatic nitrogens is 2. The average Bonchev–Trinajstić information content (AvgIpc) is 2.62. The molecule has 0 amide bonds. The summed E-state index contributed by atoms with van der Waals surface area (Å²) in [6.07, 6.45) is 1.75. The minimum atomic E-state index is -0.811. The minimum Gasteiger partial charge on any atom is -0.481 e. The lowest BCUT2D eigenvalue weighted by Crippen LogP contribution is -1.98. The van der Waals surface area contributed by atoms with Crippen molar-refractivity contribution >= 4 is 5.97 Å². The molecule has 1 heterocycles. The summed E-state index contributed by atoms with van der Waals surface area (Å²) in [7, 11) is 1.61. The first-order valence-electron chi connectivity index (χ1n) is 4.74. The molecular formula is C9H14N2O4. The number of hydrogen-bond donors (Lipinski definition) is 1. The quantitative estimate of drug-likeness (QED) is 0.717. The lowest BCUT2D eigenvalue weighted by atomic mass is 10.2. The molecule has 1 rings (SSSR count). The van der Waals surface area contributed by atoms with Crippen molar-refractivity contribution in [1.29, 1.82) is 0 Å². The summed E-state index contributed by atoms with van der Waals surface area (Å²) < 4.78 is 9.80. The molecule has 0 atom stereocenters. The zero-order chi connectivity index (χ0) is 11.1. The molecule has 0 aliphatic carbocycles. The van der Waals surface area contributed by atoms with Gasteiger partial charge in [-0.3, -0.25) is 4.79 Å². The predicted octanol–water partition coefficient (Wildman–Crippen LogP) is 0.666. The molecule has 0 saturated heterocycles. The third-order valence-electron chi connectivity index (χ3n) is 1.82. The minimum absolute atomic E-state index is 0.121. The zero-order valence-electron chi connectivity index (χ0n) is 8.60. The van der Waals surface area contributed by atoms with E-state index in [2.05, 4.69) is 10.1 Å². The van der Waals surface area contributed by atoms with Crippen molar-refractivity contribution in [3.8, 4) is 0 Å². The Labute approximate surface area is 87.2 Å². The van der Waals surface area contributed by atoms with E-state index >= 15 is 0 Å². The molecule has 0 aromatic carbocycles. The second-order valence-electron chi connectivity index (χ2n) is 3.09. The molecule has 1 aromatic rings. The Morgan fingerprint density at radius 1 is 1.53 bits per heavy atom. The van der Waals surface area contributed by atoms with Gasteiger partial charge in [-0.1, -0.05) is 5.16 Å². The third-order valence-corrected chi connectivity index (χ3v) is 1.82. The van der Waals surface area contributed by atoms with Crippen LogP contribution in [0, 0.1) is 0 Å². The van der Waals surface area contributed by atoms with Crippen LogP contribution in [0.3, 0.4) is 0 Å². The van der Waals surface area contributed by atoms with E-state index in [0.717, 1.165) is 0 Å². The van der Waals surface area contributed by atoms with Crippen LogP contribution in [0.1, 0.15) is 24.6 Å². The normalized spacial score (nSPS) is 10.5. The lowest BCUT2D eigenvalue weighted by molar-refractivity contribution is -0.137. The smallest absolute Gasteiger partial charge is 0.303 e. The summed E-state index contributed by atoms with van der Waals surface area (Å²) in [6, 6.07) is 0. The van der Waals surface area contributed by atoms with Crippen molar-refractivity contribution in [3.05, 3.63) is 11.7 Å². The molecule has 0 saturated carbocycles. The van der Waals surface area contributed by atoms with E-state index in [0.29, 0.717) is 37.6 Å². The molecule has 84 valence electrons. The first-order valence-corrected chi connectivity index (χ1v) is 4.74. The molecule has 0 spiro atoms. The van der Waals surface area contributed by atoms with Crippen molar-refractivity contribution in [2.24, 2.45) is 0 Å². The molecule has 0 unspecified atom stereocenters. The van der Waals surface area contributed by atoms with E-state index in [-0.39, 0.29) is 6.42 Å². The Morgan fingerprint density at radius 2 is 2.33 bits per heavy atom. The molecule has 1 N–H and O–H groups in total. The highest BCUT2D eigenvalue weighted by Gasteiger charge is 2.06. The van der Waals surface area contributed by atoms with Crippen molar-refractivity contribution < 1.29 is 19.2 Å². The standard InChI is InChI=1S/C9H14N2O4/c1-14-6-5-7-10-8(15-11-7)3-2-4-9(12)13/h2-6H2,1H3,(H,12,13). The lowest BCUT2D eigenvalue weighted by Gasteiger charge is -1.91. The second-order valence-corrected chi connectivity index (χ2v) is 3.09. The number of aryl methyl sites for hydroxylation is 1. The highest BCUT2D eigenvalue weighted by molar-refractivity contribution is 5.66. The van der Waals surface area contributed by atoms with Gasteiger partial charge in [0.1, 0.15) is 0 Å². The van der Waals surface area contributed by atoms with Crippen LogP contribution in [-0.2, 0) is 22.4 Å². The van der Waals surface area contributed by atoms with Crippen LogP contribution in [0.5, 0.6) is 0 Å². The Bertz CT molecular complexity index is 311. The van der Waals surface area contributed by atoms with Gasteiger partial charge in [0.25, 0.3) is 0 Å². The van der Waals surface area contributed by atoms with E-state index in [1.165, 1.54) is 0 Å². The first-order chi connectivity index (χ1) is 7.22. The van der Waals surface area contributed by atoms with Gasteiger partial charge in [0, 0.05) is 26.4 Å². The summed E-state index contributed by atoms with van der Waals surface area (Å²) in [5, 5.41) is 12.2. The molecular weight excluding hydrogens is 200 g/mol. The van der Waals surface area contributed by atoms with Gasteiger partial charge in [-0.05, 0) is 6.42 Å². The molecule has 6 nitrogen and oxygen atoms in total. The van der Waals surface area contributed by atoms with Gasteiger partial charge < -0.3 is 14.4 Å². The maximum atomic E-state index is 10.3. The van der Waals surface area contributed by atoms with E-state index in [1.54, 1.807) is 7.11 Å². The molecule has 0 bridgehead atoms. The molecule has 0 radical (unpaired) electrons. The zero-order valence-corrected chi connectivity index (χ0v) is 8.60. The predicted molar refractivity (Wildman–Crippen MR) is 50.5 cm³/mol. The van der Waals surface area contributed by atoms with Gasteiger partial charge in [-0.2, -0.15) is 4.98 Å². The van der Waals surface area contributed by atoms with Crippen LogP contribution in [0.25, 0.3) is 0 Å². The van der Waals surface area contributed by atoms with Gasteiger partial charge >= 0.3 is 5.97 Å². The Morgan fingerprint density at radius 3 is 3.00 bits per heavy atom. The summed E-state index contributed by atoms with van der Waals surface area (Å²) in [5.74, 6) is 0.277. The van der Waals surface area contributed by atoms with Gasteiger partial charge in [-0.15, -0.1) is 0 Å². The fraction of sp³-hybridized carbons (Fsp3) is 0.667. The van der Waals surface area contributed by atoms with E-state index in [4.69, 9.17) is 14.4 Å². The van der Waals surface area contributed by atoms with Crippen LogP contribution >= 0.6 is 0 Å². The van der Waals surface area contributed by atoms with Crippen molar-refractivity contribution in [2.45, 2.75) is 25.7 Å². The molecule has 15 heavy (non-hydrogen) atoms. The Balaban J connectivity index is 2.29. The third kappa shape index (κ3) is 4.55. The number of nitrogens with zero attached hydrogens (tertiary/aromatic N) is 2. The number of carbonyl (C=O) groups is 1. The summed E-state index contributed by atoms with van der Waals surface area (Å²) >= 11 is 0. The summed E-state index contributed by atoms with van der Waals surface area (Å²) in [6.45, 7) is 0.550. The highest BCUT2D eigenvalue weighted by Crippen LogP contribution is 2.03. The SMILES string of the molecule is COCCc1noc(CCCC(=O)O)n1. The topological polar surface area (TPSA) is 85.5 Å². The van der Waals surface area contributed by atoms with Crippen molar-refractivity contribution in [1.82, 2.24) is 10.1 Å². The van der Waals surface area contributed by atoms with Gasteiger partial charge in [0.05, 0.1) is 6.61 Å². The fourth-order valence-corrected chi connectivity index (χ4v) is 1.08. The van der Waals surface area contributed by atoms with Gasteiger partial charge in [-0.25, -0.2) is 0 Å². The van der Waals surface area contributed by atoms with Gasteiger partial charge in [0.2, 0.25) is 5.89 Å². The molecule has 0 aliphatic rings. The highest BCUT2D eigenvalue weighted by atomic mass is 16.5. The maximum absolute atomic E-state index is 10.3. The average molecular weight is 214 g/mol. The van der Waals surface area contributed by atoms with E-state index in [9.17, 15) is 4.79 Å². The van der Waals surface area contributed by atoms with Crippen LogP contribution in [0.15, 0.2) is 4.52 Å². The van der Waals surface area contributed by atoms with E-state index in [1.807, 2.05) is 0 Å². The Kier molecular flexibility index (Phi) is 4.76. The molecule has 1 aromatic heterocycles. The summed E-state index contributed by atoms with van der Waals surface area (Å²) in [5.41, 5.74) is 0. The molecule has 0 fully saturated rings. The van der Waals surface area contributed by atoms with Crippen LogP contribution in [0.2, 0.25) is 0 Å². The maximum Gasteiger partial charge on any atom is 0.303 e. The Hall–Kier alpha value is -1.43. The monoisotopic (exact) mass is 214 g/mol. The van der Waals surface area contributed by atoms with Crippen LogP contribution in [-0.4, -0.2) is 34.9 Å². The number of rotatable bonds is 7. The fourth-order valence-electron chi connectivity index (χ4n) is 1.08. The number of carboxylic acids is 1. The largest absolute Gasteiger partial charge is 0.481 e. The van der Waals surface area contributed by atoms with Crippen molar-refractivity contribution in [3.63, 3.8) is 0 Å². The number of hydrogen-bond acceptors (Lipinski definition) is 5. The van der Waals surface area contributed by atoms with E-state index < -0.39 is 5.97 Å². The number of aliphatic carboxylic acids is 1. The second kappa shape index (κ2) is 6.13.